The van der Waals surface area contributed by atoms with Crippen molar-refractivity contribution in [1.82, 2.24) is 25.8 Å². The summed E-state index contributed by atoms with van der Waals surface area (Å²) in [7, 11) is 0. The highest BCUT2D eigenvalue weighted by Crippen LogP contribution is 2.28. The average Bonchev–Trinajstić information content (AvgIpc) is 3.82. The van der Waals surface area contributed by atoms with Gasteiger partial charge in [0, 0.05) is 30.9 Å². The number of carbonyl (C=O) groups is 4. The first kappa shape index (κ1) is 42.3. The third-order valence-corrected chi connectivity index (χ3v) is 9.72. The molecular formula is C39H54N6O8S. The molecule has 0 aliphatic carbocycles. The van der Waals surface area contributed by atoms with Crippen molar-refractivity contribution in [3.05, 3.63) is 70.9 Å². The van der Waals surface area contributed by atoms with Crippen LogP contribution in [0.15, 0.2) is 54.0 Å². The van der Waals surface area contributed by atoms with Crippen LogP contribution in [-0.2, 0) is 39.9 Å². The Kier molecular flexibility index (Phi) is 16.8. The number of aryl methyl sites for hydroxylation is 1. The molecule has 14 nitrogen and oxygen atoms in total. The Bertz CT molecular complexity index is 1640. The van der Waals surface area contributed by atoms with Gasteiger partial charge in [-0.2, -0.15) is 0 Å². The number of amides is 4. The Balaban J connectivity index is 1.06. The number of carbonyl (C=O) groups excluding carboxylic acids is 4. The number of rotatable bonds is 21. The molecule has 2 heterocycles. The van der Waals surface area contributed by atoms with Crippen LogP contribution in [0.2, 0.25) is 0 Å². The first-order chi connectivity index (χ1) is 25.9. The summed E-state index contributed by atoms with van der Waals surface area (Å²) in [6.45, 7) is 10.8. The molecule has 5 N–H and O–H groups in total. The van der Waals surface area contributed by atoms with Gasteiger partial charge in [0.2, 0.25) is 17.7 Å². The van der Waals surface area contributed by atoms with Gasteiger partial charge in [0.25, 0.3) is 5.91 Å². The van der Waals surface area contributed by atoms with Gasteiger partial charge in [0.05, 0.1) is 62.3 Å². The molecule has 4 rings (SSSR count). The topological polar surface area (TPSA) is 183 Å². The Morgan fingerprint density at radius 1 is 0.889 bits per heavy atom. The summed E-state index contributed by atoms with van der Waals surface area (Å²) in [5, 5.41) is 8.62. The van der Waals surface area contributed by atoms with E-state index in [0.29, 0.717) is 76.8 Å². The smallest absolute Gasteiger partial charge is 0.251 e. The molecular weight excluding hydrogens is 713 g/mol. The minimum Gasteiger partial charge on any atom is -0.399 e. The number of nitrogen functional groups attached to an aromatic ring is 1. The van der Waals surface area contributed by atoms with Gasteiger partial charge >= 0.3 is 0 Å². The number of nitrogens with two attached hydrogens (primary N) is 1. The fraction of sp³-hybridized carbons (Fsp3) is 0.513. The summed E-state index contributed by atoms with van der Waals surface area (Å²) < 4.78 is 21.9. The second kappa shape index (κ2) is 21.5. The number of hydrogen-bond donors (Lipinski definition) is 4. The lowest BCUT2D eigenvalue weighted by Gasteiger charge is -2.35. The molecule has 1 aliphatic rings. The predicted molar refractivity (Wildman–Crippen MR) is 207 cm³/mol. The van der Waals surface area contributed by atoms with E-state index in [1.807, 2.05) is 57.5 Å². The Morgan fingerprint density at radius 2 is 1.52 bits per heavy atom. The molecule has 1 fully saturated rings. The Hall–Kier alpha value is -4.41. The molecule has 3 aromatic rings. The minimum absolute atomic E-state index is 0.188. The largest absolute Gasteiger partial charge is 0.399 e. The molecule has 0 radical (unpaired) electrons. The third-order valence-electron chi connectivity index (χ3n) is 8.74. The fourth-order valence-corrected chi connectivity index (χ4v) is 6.59. The minimum atomic E-state index is -0.838. The summed E-state index contributed by atoms with van der Waals surface area (Å²) in [4.78, 5) is 59.0. The molecule has 1 aromatic heterocycles. The molecule has 2 aromatic carbocycles. The van der Waals surface area contributed by atoms with Crippen molar-refractivity contribution in [2.75, 3.05) is 71.7 Å². The number of nitrogens with zero attached hydrogens (tertiary/aromatic N) is 2. The highest BCUT2D eigenvalue weighted by molar-refractivity contribution is 7.13. The molecule has 54 heavy (non-hydrogen) atoms. The maximum Gasteiger partial charge on any atom is 0.251 e. The van der Waals surface area contributed by atoms with E-state index in [-0.39, 0.29) is 37.5 Å². The zero-order valence-electron chi connectivity index (χ0n) is 31.7. The zero-order chi connectivity index (χ0) is 38.9. The van der Waals surface area contributed by atoms with Crippen molar-refractivity contribution in [2.24, 2.45) is 5.41 Å². The number of ether oxygens (including phenoxy) is 4. The lowest BCUT2D eigenvalue weighted by Crippen LogP contribution is -2.58. The number of likely N-dealkylation sites (tertiary alicyclic amines) is 1. The van der Waals surface area contributed by atoms with Crippen molar-refractivity contribution in [3.8, 4) is 10.4 Å². The molecule has 1 saturated heterocycles. The molecule has 15 heteroatoms. The van der Waals surface area contributed by atoms with E-state index in [1.165, 1.54) is 0 Å². The number of anilines is 1. The van der Waals surface area contributed by atoms with Gasteiger partial charge in [0.1, 0.15) is 18.7 Å². The van der Waals surface area contributed by atoms with E-state index in [9.17, 15) is 19.2 Å². The van der Waals surface area contributed by atoms with Crippen molar-refractivity contribution in [2.45, 2.75) is 59.2 Å². The van der Waals surface area contributed by atoms with E-state index >= 15 is 0 Å². The summed E-state index contributed by atoms with van der Waals surface area (Å²) in [5.74, 6) is -1.11. The van der Waals surface area contributed by atoms with Gasteiger partial charge in [-0.05, 0) is 60.6 Å². The summed E-state index contributed by atoms with van der Waals surface area (Å²) in [6, 6.07) is 13.3. The molecule has 0 saturated carbocycles. The van der Waals surface area contributed by atoms with Crippen LogP contribution in [0.25, 0.3) is 10.4 Å². The third kappa shape index (κ3) is 13.5. The van der Waals surface area contributed by atoms with E-state index in [4.69, 9.17) is 24.7 Å². The van der Waals surface area contributed by atoms with Crippen LogP contribution in [0.3, 0.4) is 0 Å². The maximum absolute atomic E-state index is 13.8. The predicted octanol–water partition coefficient (Wildman–Crippen LogP) is 3.34. The molecule has 0 spiro atoms. The second-order valence-corrected chi connectivity index (χ2v) is 14.9. The van der Waals surface area contributed by atoms with E-state index < -0.39 is 23.4 Å². The first-order valence-corrected chi connectivity index (χ1v) is 19.1. The summed E-state index contributed by atoms with van der Waals surface area (Å²) in [6.07, 6.45) is 1.26. The Morgan fingerprint density at radius 3 is 2.13 bits per heavy atom. The molecule has 0 bridgehead atoms. The van der Waals surface area contributed by atoms with Crippen LogP contribution < -0.4 is 21.7 Å². The van der Waals surface area contributed by atoms with Gasteiger partial charge in [-0.3, -0.25) is 19.2 Å². The molecule has 4 amide bonds. The van der Waals surface area contributed by atoms with E-state index in [2.05, 4.69) is 20.9 Å². The van der Waals surface area contributed by atoms with Gasteiger partial charge in [-0.1, -0.05) is 45.0 Å². The quantitative estimate of drug-likeness (QED) is 0.0927. The van der Waals surface area contributed by atoms with Crippen molar-refractivity contribution >= 4 is 40.7 Å². The van der Waals surface area contributed by atoms with E-state index in [1.54, 1.807) is 40.5 Å². The average molecular weight is 767 g/mol. The molecule has 0 unspecified atom stereocenters. The standard InChI is InChI=1S/C39H54N6O8S/c1-27-34(54-26-43-27)29-9-7-28(8-10-29)24-42-37(48)32-6-5-16-45(32)38(49)35(39(2,3)4)44-33(46)25-53-23-22-52-21-20-51-19-18-50-17-15-41-36(47)30-11-13-31(40)14-12-30/h7-14,26,32,35H,5-6,15-25,40H2,1-4H3,(H,41,47)(H,42,48)(H,44,46)/t32-,35+/m0/s1. The first-order valence-electron chi connectivity index (χ1n) is 18.3. The number of hydrogen-bond acceptors (Lipinski definition) is 11. The molecule has 2 atom stereocenters. The van der Waals surface area contributed by atoms with Crippen LogP contribution in [0.4, 0.5) is 5.69 Å². The van der Waals surface area contributed by atoms with Gasteiger partial charge in [-0.15, -0.1) is 11.3 Å². The lowest BCUT2D eigenvalue weighted by molar-refractivity contribution is -0.144. The van der Waals surface area contributed by atoms with E-state index in [0.717, 1.165) is 21.7 Å². The van der Waals surface area contributed by atoms with Crippen LogP contribution >= 0.6 is 11.3 Å². The normalized spacial score (nSPS) is 14.8. The van der Waals surface area contributed by atoms with Crippen LogP contribution in [-0.4, -0.2) is 112 Å². The molecule has 1 aliphatic heterocycles. The zero-order valence-corrected chi connectivity index (χ0v) is 32.5. The van der Waals surface area contributed by atoms with Crippen LogP contribution in [0.5, 0.6) is 0 Å². The van der Waals surface area contributed by atoms with Gasteiger partial charge in [0.15, 0.2) is 0 Å². The highest BCUT2D eigenvalue weighted by Gasteiger charge is 2.41. The van der Waals surface area contributed by atoms with Crippen LogP contribution in [0, 0.1) is 12.3 Å². The summed E-state index contributed by atoms with van der Waals surface area (Å²) >= 11 is 1.59. The number of nitrogens with one attached hydrogen (secondary N) is 3. The highest BCUT2D eigenvalue weighted by atomic mass is 32.1. The Labute approximate surface area is 321 Å². The monoisotopic (exact) mass is 766 g/mol. The number of aromatic nitrogens is 1. The lowest BCUT2D eigenvalue weighted by atomic mass is 9.85. The van der Waals surface area contributed by atoms with Crippen molar-refractivity contribution in [1.29, 1.82) is 0 Å². The maximum atomic E-state index is 13.8. The van der Waals surface area contributed by atoms with Gasteiger partial charge < -0.3 is 45.5 Å². The fourth-order valence-electron chi connectivity index (χ4n) is 5.78. The van der Waals surface area contributed by atoms with Crippen LogP contribution in [0.1, 0.15) is 55.2 Å². The number of thiazole rings is 1. The SMILES string of the molecule is Cc1ncsc1-c1ccc(CNC(=O)[C@@H]2CCCN2C(=O)[C@@H](NC(=O)COCCOCCOCCOCCNC(=O)c2ccc(N)cc2)C(C)(C)C)cc1. The van der Waals surface area contributed by atoms with Crippen molar-refractivity contribution in [3.63, 3.8) is 0 Å². The number of benzene rings is 2. The van der Waals surface area contributed by atoms with Gasteiger partial charge in [-0.25, -0.2) is 4.98 Å². The summed E-state index contributed by atoms with van der Waals surface area (Å²) in [5.41, 5.74) is 11.0. The second-order valence-electron chi connectivity index (χ2n) is 14.0. The molecule has 294 valence electrons. The van der Waals surface area contributed by atoms with Crippen molar-refractivity contribution < 1.29 is 38.1 Å².